The van der Waals surface area contributed by atoms with Crippen LogP contribution in [0.1, 0.15) is 53.8 Å². The van der Waals surface area contributed by atoms with Crippen molar-refractivity contribution in [1.29, 1.82) is 0 Å². The van der Waals surface area contributed by atoms with Crippen LogP contribution in [0.3, 0.4) is 0 Å². The number of aliphatic imine (C=N–C) groups is 1. The van der Waals surface area contributed by atoms with Crippen LogP contribution in [0.4, 0.5) is 5.69 Å². The summed E-state index contributed by atoms with van der Waals surface area (Å²) < 4.78 is 11.0. The maximum Gasteiger partial charge on any atom is 0.337 e. The van der Waals surface area contributed by atoms with Crippen molar-refractivity contribution in [3.05, 3.63) is 59.5 Å². The smallest absolute Gasteiger partial charge is 0.337 e. The number of methoxy groups -OCH3 is 1. The molecule has 1 saturated carbocycles. The van der Waals surface area contributed by atoms with Crippen molar-refractivity contribution in [1.82, 2.24) is 4.98 Å². The van der Waals surface area contributed by atoms with Gasteiger partial charge in [0.15, 0.2) is 11.3 Å². The van der Waals surface area contributed by atoms with E-state index in [0.29, 0.717) is 11.5 Å². The number of pyridine rings is 1. The highest BCUT2D eigenvalue weighted by atomic mass is 16.5. The van der Waals surface area contributed by atoms with Crippen LogP contribution in [0.15, 0.2) is 52.0 Å². The van der Waals surface area contributed by atoms with Gasteiger partial charge in [-0.25, -0.2) is 9.79 Å². The van der Waals surface area contributed by atoms with E-state index in [1.165, 1.54) is 26.4 Å². The second-order valence-corrected chi connectivity index (χ2v) is 7.28. The second-order valence-electron chi connectivity index (χ2n) is 7.28. The molecule has 0 aliphatic heterocycles. The van der Waals surface area contributed by atoms with Crippen molar-refractivity contribution in [3.8, 4) is 0 Å². The van der Waals surface area contributed by atoms with E-state index < -0.39 is 0 Å². The third kappa shape index (κ3) is 3.57. The van der Waals surface area contributed by atoms with Gasteiger partial charge in [0.1, 0.15) is 5.52 Å². The van der Waals surface area contributed by atoms with Crippen LogP contribution in [0.5, 0.6) is 0 Å². The van der Waals surface area contributed by atoms with E-state index in [4.69, 9.17) is 14.1 Å². The van der Waals surface area contributed by atoms with Crippen molar-refractivity contribution >= 4 is 28.5 Å². The number of fused-ring (bicyclic) bond motifs is 1. The first-order chi connectivity index (χ1) is 13.7. The van der Waals surface area contributed by atoms with Gasteiger partial charge in [-0.3, -0.25) is 4.98 Å². The largest absolute Gasteiger partial charge is 0.465 e. The number of ether oxygens (including phenoxy) is 1. The maximum atomic E-state index is 11.7. The van der Waals surface area contributed by atoms with Gasteiger partial charge in [-0.15, -0.1) is 0 Å². The predicted octanol–water partition coefficient (Wildman–Crippen LogP) is 5.62. The Bertz CT molecular complexity index is 1010. The highest BCUT2D eigenvalue weighted by Gasteiger charge is 2.26. The van der Waals surface area contributed by atoms with Crippen molar-refractivity contribution in [2.24, 2.45) is 10.9 Å². The first kappa shape index (κ1) is 18.4. The lowest BCUT2D eigenvalue weighted by molar-refractivity contribution is 0.0601. The van der Waals surface area contributed by atoms with E-state index in [-0.39, 0.29) is 5.97 Å². The van der Waals surface area contributed by atoms with Gasteiger partial charge in [0, 0.05) is 17.7 Å². The molecule has 0 N–H and O–H groups in total. The minimum atomic E-state index is -0.345. The summed E-state index contributed by atoms with van der Waals surface area (Å²) in [6.07, 6.45) is 7.72. The SMILES string of the molecule is COC(=O)c1ccc(N=C(c2oc3cccnc3c2C)C2CCCCC2)cc1. The molecule has 1 fully saturated rings. The highest BCUT2D eigenvalue weighted by molar-refractivity contribution is 6.05. The van der Waals surface area contributed by atoms with E-state index in [1.807, 2.05) is 31.2 Å². The van der Waals surface area contributed by atoms with Crippen LogP contribution in [-0.2, 0) is 4.74 Å². The van der Waals surface area contributed by atoms with Crippen LogP contribution in [-0.4, -0.2) is 23.8 Å². The van der Waals surface area contributed by atoms with Gasteiger partial charge >= 0.3 is 5.97 Å². The molecule has 1 aromatic carbocycles. The lowest BCUT2D eigenvalue weighted by Crippen LogP contribution is -2.19. The molecule has 0 amide bonds. The fraction of sp³-hybridized carbons (Fsp3) is 0.348. The molecule has 0 saturated heterocycles. The summed E-state index contributed by atoms with van der Waals surface area (Å²) in [5.74, 6) is 0.855. The molecule has 0 spiro atoms. The Balaban J connectivity index is 1.78. The standard InChI is InChI=1S/C23H24N2O3/c1-15-20-19(9-6-14-24-20)28-22(15)21(16-7-4-3-5-8-16)25-18-12-10-17(11-13-18)23(26)27-2/h6,9-14,16H,3-5,7-8H2,1-2H3. The third-order valence-electron chi connectivity index (χ3n) is 5.44. The molecule has 1 aliphatic carbocycles. The summed E-state index contributed by atoms with van der Waals surface area (Å²) in [4.78, 5) is 21.1. The monoisotopic (exact) mass is 376 g/mol. The average molecular weight is 376 g/mol. The summed E-state index contributed by atoms with van der Waals surface area (Å²) in [6, 6.07) is 11.0. The van der Waals surface area contributed by atoms with Crippen LogP contribution in [0, 0.1) is 12.8 Å². The summed E-state index contributed by atoms with van der Waals surface area (Å²) in [6.45, 7) is 2.05. The van der Waals surface area contributed by atoms with E-state index in [1.54, 1.807) is 18.3 Å². The lowest BCUT2D eigenvalue weighted by atomic mass is 9.84. The van der Waals surface area contributed by atoms with Crippen molar-refractivity contribution in [2.45, 2.75) is 39.0 Å². The molecule has 5 heteroatoms. The van der Waals surface area contributed by atoms with Gasteiger partial charge in [0.05, 0.1) is 24.1 Å². The van der Waals surface area contributed by atoms with Crippen LogP contribution in [0.25, 0.3) is 11.1 Å². The number of esters is 1. The summed E-state index contributed by atoms with van der Waals surface area (Å²) in [5, 5.41) is 0. The van der Waals surface area contributed by atoms with Gasteiger partial charge < -0.3 is 9.15 Å². The Labute approximate surface area is 164 Å². The molecule has 3 aromatic rings. The third-order valence-corrected chi connectivity index (χ3v) is 5.44. The minimum absolute atomic E-state index is 0.345. The molecule has 1 aliphatic rings. The Morgan fingerprint density at radius 3 is 2.57 bits per heavy atom. The maximum absolute atomic E-state index is 11.7. The zero-order valence-corrected chi connectivity index (χ0v) is 16.3. The molecular weight excluding hydrogens is 352 g/mol. The van der Waals surface area contributed by atoms with E-state index in [0.717, 1.165) is 46.7 Å². The Morgan fingerprint density at radius 2 is 1.89 bits per heavy atom. The molecule has 0 radical (unpaired) electrons. The van der Waals surface area contributed by atoms with E-state index >= 15 is 0 Å². The normalized spacial score (nSPS) is 15.7. The molecule has 144 valence electrons. The molecule has 4 rings (SSSR count). The van der Waals surface area contributed by atoms with Gasteiger partial charge in [0.25, 0.3) is 0 Å². The quantitative estimate of drug-likeness (QED) is 0.438. The first-order valence-corrected chi connectivity index (χ1v) is 9.79. The number of aryl methyl sites for hydroxylation is 1. The number of carbonyl (C=O) groups excluding carboxylic acids is 1. The van der Waals surface area contributed by atoms with E-state index in [9.17, 15) is 4.79 Å². The molecule has 2 aromatic heterocycles. The van der Waals surface area contributed by atoms with Gasteiger partial charge in [0.2, 0.25) is 0 Å². The van der Waals surface area contributed by atoms with Crippen molar-refractivity contribution in [2.75, 3.05) is 7.11 Å². The Morgan fingerprint density at radius 1 is 1.14 bits per heavy atom. The minimum Gasteiger partial charge on any atom is -0.465 e. The number of aromatic nitrogens is 1. The zero-order chi connectivity index (χ0) is 19.5. The lowest BCUT2D eigenvalue weighted by Gasteiger charge is -2.22. The number of nitrogens with zero attached hydrogens (tertiary/aromatic N) is 2. The summed E-state index contributed by atoms with van der Waals surface area (Å²) in [5.41, 5.74) is 5.03. The number of furan rings is 1. The molecule has 5 nitrogen and oxygen atoms in total. The molecular formula is C23H24N2O3. The van der Waals surface area contributed by atoms with Crippen LogP contribution >= 0.6 is 0 Å². The highest BCUT2D eigenvalue weighted by Crippen LogP contribution is 2.33. The number of rotatable bonds is 4. The molecule has 0 atom stereocenters. The number of hydrogen-bond acceptors (Lipinski definition) is 5. The fourth-order valence-corrected chi connectivity index (χ4v) is 3.93. The second kappa shape index (κ2) is 7.97. The topological polar surface area (TPSA) is 64.7 Å². The first-order valence-electron chi connectivity index (χ1n) is 9.79. The fourth-order valence-electron chi connectivity index (χ4n) is 3.93. The molecule has 2 heterocycles. The molecule has 0 bridgehead atoms. The number of benzene rings is 1. The van der Waals surface area contributed by atoms with E-state index in [2.05, 4.69) is 4.98 Å². The van der Waals surface area contributed by atoms with Crippen molar-refractivity contribution < 1.29 is 13.9 Å². The van der Waals surface area contributed by atoms with Crippen LogP contribution in [0.2, 0.25) is 0 Å². The zero-order valence-electron chi connectivity index (χ0n) is 16.3. The van der Waals surface area contributed by atoms with Gasteiger partial charge in [-0.05, 0) is 56.2 Å². The average Bonchev–Trinajstić information content (AvgIpc) is 3.09. The van der Waals surface area contributed by atoms with Crippen LogP contribution < -0.4 is 0 Å². The molecule has 0 unspecified atom stereocenters. The molecule has 28 heavy (non-hydrogen) atoms. The van der Waals surface area contributed by atoms with Gasteiger partial charge in [-0.2, -0.15) is 0 Å². The Hall–Kier alpha value is -2.95. The predicted molar refractivity (Wildman–Crippen MR) is 109 cm³/mol. The summed E-state index contributed by atoms with van der Waals surface area (Å²) in [7, 11) is 1.38. The van der Waals surface area contributed by atoms with Crippen molar-refractivity contribution in [3.63, 3.8) is 0 Å². The Kier molecular flexibility index (Phi) is 5.24. The summed E-state index contributed by atoms with van der Waals surface area (Å²) >= 11 is 0. The number of carbonyl (C=O) groups is 1. The van der Waals surface area contributed by atoms with Gasteiger partial charge in [-0.1, -0.05) is 19.3 Å². The number of hydrogen-bond donors (Lipinski definition) is 0.